The van der Waals surface area contributed by atoms with Crippen LogP contribution in [0.3, 0.4) is 0 Å². The van der Waals surface area contributed by atoms with Gasteiger partial charge in [-0.05, 0) is 55.0 Å². The van der Waals surface area contributed by atoms with Crippen LogP contribution in [0.15, 0.2) is 95.5 Å². The Labute approximate surface area is 228 Å². The molecule has 0 aliphatic carbocycles. The van der Waals surface area contributed by atoms with E-state index in [1.165, 1.54) is 5.56 Å². The molecule has 0 aliphatic heterocycles. The lowest BCUT2D eigenvalue weighted by Gasteiger charge is -2.29. The molecule has 5 aromatic rings. The first-order valence-electron chi connectivity index (χ1n) is 13.5. The highest BCUT2D eigenvalue weighted by atomic mass is 16.6. The quantitative estimate of drug-likeness (QED) is 0.186. The third-order valence-electron chi connectivity index (χ3n) is 7.44. The Morgan fingerprint density at radius 1 is 1.00 bits per heavy atom. The molecule has 0 aliphatic rings. The minimum atomic E-state index is -1.13. The Morgan fingerprint density at radius 2 is 1.74 bits per heavy atom. The number of furan rings is 1. The summed E-state index contributed by atoms with van der Waals surface area (Å²) in [5.74, 6) is 0.875. The summed E-state index contributed by atoms with van der Waals surface area (Å²) in [6.07, 6.45) is 3.59. The van der Waals surface area contributed by atoms with E-state index in [1.54, 1.807) is 6.92 Å². The summed E-state index contributed by atoms with van der Waals surface area (Å²) in [6, 6.07) is 27.8. The van der Waals surface area contributed by atoms with Crippen molar-refractivity contribution >= 4 is 33.7 Å². The number of aromatic amines is 1. The second-order valence-electron chi connectivity index (χ2n) is 10.4. The molecule has 0 unspecified atom stereocenters. The molecule has 0 radical (unpaired) electrons. The van der Waals surface area contributed by atoms with Crippen LogP contribution in [0.4, 0.5) is 4.79 Å². The second kappa shape index (κ2) is 11.6. The Balaban J connectivity index is 1.27. The minimum Gasteiger partial charge on any atom is -0.457 e. The van der Waals surface area contributed by atoms with Crippen LogP contribution in [0.1, 0.15) is 55.9 Å². The Hall–Kier alpha value is -4.32. The molecule has 2 heterocycles. The number of carbonyl (C=O) groups excluding carboxylic acids is 2. The number of ketones is 1. The fourth-order valence-corrected chi connectivity index (χ4v) is 5.17. The molecule has 0 fully saturated rings. The van der Waals surface area contributed by atoms with Crippen molar-refractivity contribution < 1.29 is 18.7 Å². The maximum Gasteiger partial charge on any atom is 0.408 e. The Morgan fingerprint density at radius 3 is 2.56 bits per heavy atom. The molecule has 6 nitrogen and oxygen atoms in total. The molecule has 0 spiro atoms. The standard InChI is InChI=1S/C33H34N2O4/c1-23(24-12-4-3-5-13-24)11-10-18-31(36)33(2,20-26-21-34-29-16-8-7-15-28(26)29)35-32(37)38-22-27-19-25-14-6-9-17-30(25)39-27/h3-9,12-17,19,21,23,34H,10-11,18,20,22H2,1-2H3,(H,35,37)/t23-,33-/m1/s1. The van der Waals surface area contributed by atoms with E-state index in [0.29, 0.717) is 24.5 Å². The van der Waals surface area contributed by atoms with E-state index in [2.05, 4.69) is 29.4 Å². The van der Waals surface area contributed by atoms with Crippen LogP contribution >= 0.6 is 0 Å². The molecule has 2 aromatic heterocycles. The molecule has 0 saturated carbocycles. The highest BCUT2D eigenvalue weighted by molar-refractivity contribution is 5.93. The topological polar surface area (TPSA) is 84.3 Å². The van der Waals surface area contributed by atoms with Crippen molar-refractivity contribution in [3.63, 3.8) is 0 Å². The average Bonchev–Trinajstić information content (AvgIpc) is 3.56. The number of hydrogen-bond acceptors (Lipinski definition) is 4. The smallest absolute Gasteiger partial charge is 0.408 e. The molecule has 39 heavy (non-hydrogen) atoms. The second-order valence-corrected chi connectivity index (χ2v) is 10.4. The number of hydrogen-bond donors (Lipinski definition) is 2. The molecular weight excluding hydrogens is 488 g/mol. The van der Waals surface area contributed by atoms with Crippen LogP contribution in [0.5, 0.6) is 0 Å². The van der Waals surface area contributed by atoms with Gasteiger partial charge in [-0.15, -0.1) is 0 Å². The first-order valence-corrected chi connectivity index (χ1v) is 13.5. The monoisotopic (exact) mass is 522 g/mol. The number of para-hydroxylation sites is 2. The number of H-pyrrole nitrogens is 1. The van der Waals surface area contributed by atoms with Gasteiger partial charge in [0, 0.05) is 35.3 Å². The normalized spacial score (nSPS) is 13.7. The summed E-state index contributed by atoms with van der Waals surface area (Å²) in [5.41, 5.74) is 2.83. The fraction of sp³-hybridized carbons (Fsp3) is 0.273. The van der Waals surface area contributed by atoms with Crippen LogP contribution in [0.2, 0.25) is 0 Å². The van der Waals surface area contributed by atoms with Crippen molar-refractivity contribution in [3.05, 3.63) is 108 Å². The van der Waals surface area contributed by atoms with Gasteiger partial charge in [0.05, 0.1) is 0 Å². The number of fused-ring (bicyclic) bond motifs is 2. The van der Waals surface area contributed by atoms with Crippen molar-refractivity contribution in [2.24, 2.45) is 0 Å². The van der Waals surface area contributed by atoms with Gasteiger partial charge in [0.25, 0.3) is 0 Å². The van der Waals surface area contributed by atoms with Crippen LogP contribution in [-0.2, 0) is 22.6 Å². The van der Waals surface area contributed by atoms with Crippen LogP contribution in [-0.4, -0.2) is 22.4 Å². The largest absolute Gasteiger partial charge is 0.457 e. The molecule has 2 N–H and O–H groups in total. The van der Waals surface area contributed by atoms with Gasteiger partial charge in [-0.25, -0.2) is 4.79 Å². The number of nitrogens with one attached hydrogen (secondary N) is 2. The van der Waals surface area contributed by atoms with E-state index in [0.717, 1.165) is 40.3 Å². The lowest BCUT2D eigenvalue weighted by molar-refractivity contribution is -0.124. The molecule has 0 bridgehead atoms. The number of Topliss-reactive ketones (excluding diaryl/α,β-unsaturated/α-hetero) is 1. The van der Waals surface area contributed by atoms with Crippen molar-refractivity contribution in [1.29, 1.82) is 0 Å². The van der Waals surface area contributed by atoms with Gasteiger partial charge in [0.1, 0.15) is 16.9 Å². The maximum atomic E-state index is 13.7. The molecule has 2 atom stereocenters. The summed E-state index contributed by atoms with van der Waals surface area (Å²) >= 11 is 0. The molecule has 0 saturated heterocycles. The van der Waals surface area contributed by atoms with E-state index >= 15 is 0 Å². The molecular formula is C33H34N2O4. The lowest BCUT2D eigenvalue weighted by Crippen LogP contribution is -2.53. The van der Waals surface area contributed by atoms with Crippen molar-refractivity contribution in [2.45, 2.75) is 57.6 Å². The average molecular weight is 523 g/mol. The van der Waals surface area contributed by atoms with E-state index in [-0.39, 0.29) is 12.4 Å². The van der Waals surface area contributed by atoms with E-state index in [9.17, 15) is 9.59 Å². The van der Waals surface area contributed by atoms with E-state index in [1.807, 2.05) is 79.0 Å². The molecule has 1 amide bonds. The zero-order chi connectivity index (χ0) is 27.2. The number of aromatic nitrogens is 1. The van der Waals surface area contributed by atoms with Gasteiger partial charge in [-0.1, -0.05) is 73.7 Å². The zero-order valence-electron chi connectivity index (χ0n) is 22.4. The van der Waals surface area contributed by atoms with Gasteiger partial charge < -0.3 is 19.5 Å². The minimum absolute atomic E-state index is 0.0197. The number of rotatable bonds is 11. The summed E-state index contributed by atoms with van der Waals surface area (Å²) in [7, 11) is 0. The predicted octanol–water partition coefficient (Wildman–Crippen LogP) is 7.68. The van der Waals surface area contributed by atoms with E-state index in [4.69, 9.17) is 9.15 Å². The van der Waals surface area contributed by atoms with Crippen LogP contribution < -0.4 is 5.32 Å². The van der Waals surface area contributed by atoms with Gasteiger partial charge >= 0.3 is 6.09 Å². The van der Waals surface area contributed by atoms with Gasteiger partial charge in [-0.2, -0.15) is 0 Å². The van der Waals surface area contributed by atoms with Gasteiger partial charge in [-0.3, -0.25) is 4.79 Å². The fourth-order valence-electron chi connectivity index (χ4n) is 5.17. The number of alkyl carbamates (subject to hydrolysis) is 1. The molecule has 6 heteroatoms. The third-order valence-corrected chi connectivity index (χ3v) is 7.44. The SMILES string of the molecule is C[C@H](CCCC(=O)[C@@](C)(Cc1c[nH]c2ccccc12)NC(=O)OCc1cc2ccccc2o1)c1ccccc1. The highest BCUT2D eigenvalue weighted by Gasteiger charge is 2.36. The first kappa shape index (κ1) is 26.3. The number of ether oxygens (including phenoxy) is 1. The van der Waals surface area contributed by atoms with Crippen LogP contribution in [0, 0.1) is 0 Å². The van der Waals surface area contributed by atoms with Gasteiger partial charge in [0.15, 0.2) is 12.4 Å². The summed E-state index contributed by atoms with van der Waals surface area (Å²) in [4.78, 5) is 29.9. The Kier molecular flexibility index (Phi) is 7.82. The zero-order valence-corrected chi connectivity index (χ0v) is 22.4. The first-order chi connectivity index (χ1) is 18.9. The van der Waals surface area contributed by atoms with Crippen molar-refractivity contribution in [1.82, 2.24) is 10.3 Å². The number of benzene rings is 3. The summed E-state index contributed by atoms with van der Waals surface area (Å²) in [5, 5.41) is 4.88. The van der Waals surface area contributed by atoms with Crippen molar-refractivity contribution in [2.75, 3.05) is 0 Å². The molecule has 200 valence electrons. The van der Waals surface area contributed by atoms with E-state index < -0.39 is 11.6 Å². The third kappa shape index (κ3) is 6.23. The highest BCUT2D eigenvalue weighted by Crippen LogP contribution is 2.27. The van der Waals surface area contributed by atoms with Gasteiger partial charge in [0.2, 0.25) is 0 Å². The number of carbonyl (C=O) groups is 2. The number of amides is 1. The summed E-state index contributed by atoms with van der Waals surface area (Å²) < 4.78 is 11.3. The van der Waals surface area contributed by atoms with Crippen LogP contribution in [0.25, 0.3) is 21.9 Å². The maximum absolute atomic E-state index is 13.7. The van der Waals surface area contributed by atoms with Crippen molar-refractivity contribution in [3.8, 4) is 0 Å². The molecule has 5 rings (SSSR count). The predicted molar refractivity (Wildman–Crippen MR) is 154 cm³/mol. The Bertz CT molecular complexity index is 1540. The summed E-state index contributed by atoms with van der Waals surface area (Å²) in [6.45, 7) is 3.95. The lowest BCUT2D eigenvalue weighted by atomic mass is 9.85. The molecule has 3 aromatic carbocycles.